The van der Waals surface area contributed by atoms with Crippen LogP contribution < -0.4 is 5.32 Å². The summed E-state index contributed by atoms with van der Waals surface area (Å²) in [6.45, 7) is 4.78. The Hall–Kier alpha value is -2.57. The Morgan fingerprint density at radius 1 is 1.30 bits per heavy atom. The molecule has 3 rings (SSSR count). The summed E-state index contributed by atoms with van der Waals surface area (Å²) in [6.07, 6.45) is 2.70. The van der Waals surface area contributed by atoms with Crippen LogP contribution in [0.5, 0.6) is 0 Å². The molecule has 1 aliphatic rings. The molecule has 0 unspecified atom stereocenters. The normalized spacial score (nSPS) is 17.5. The zero-order chi connectivity index (χ0) is 16.6. The Kier molecular flexibility index (Phi) is 3.94. The van der Waals surface area contributed by atoms with Gasteiger partial charge in [-0.1, -0.05) is 0 Å². The van der Waals surface area contributed by atoms with Gasteiger partial charge < -0.3 is 14.8 Å². The molecular formula is C16H21N5O2. The van der Waals surface area contributed by atoms with Gasteiger partial charge in [0.15, 0.2) is 5.82 Å². The lowest BCUT2D eigenvalue weighted by molar-refractivity contribution is -0.114. The first-order valence-electron chi connectivity index (χ1n) is 7.70. The number of hydrogen-bond donors (Lipinski definition) is 1. The fourth-order valence-corrected chi connectivity index (χ4v) is 2.92. The molecular weight excluding hydrogens is 294 g/mol. The molecule has 23 heavy (non-hydrogen) atoms. The molecule has 1 aliphatic heterocycles. The number of nitrogens with zero attached hydrogens (tertiary/aromatic N) is 4. The van der Waals surface area contributed by atoms with Gasteiger partial charge in [-0.3, -0.25) is 14.3 Å². The fourth-order valence-electron chi connectivity index (χ4n) is 2.92. The Morgan fingerprint density at radius 2 is 2.09 bits per heavy atom. The summed E-state index contributed by atoms with van der Waals surface area (Å²) in [4.78, 5) is 25.5. The lowest BCUT2D eigenvalue weighted by atomic mass is 10.3. The van der Waals surface area contributed by atoms with Gasteiger partial charge in [0.25, 0.3) is 5.91 Å². The predicted octanol–water partition coefficient (Wildman–Crippen LogP) is 1.58. The zero-order valence-corrected chi connectivity index (χ0v) is 13.6. The van der Waals surface area contributed by atoms with E-state index in [1.807, 2.05) is 46.4 Å². The van der Waals surface area contributed by atoms with Crippen molar-refractivity contribution in [1.29, 1.82) is 0 Å². The average molecular weight is 315 g/mol. The van der Waals surface area contributed by atoms with E-state index < -0.39 is 0 Å². The van der Waals surface area contributed by atoms with Crippen LogP contribution in [0.2, 0.25) is 0 Å². The molecule has 2 amide bonds. The highest BCUT2D eigenvalue weighted by molar-refractivity contribution is 5.93. The second-order valence-corrected chi connectivity index (χ2v) is 5.97. The number of anilines is 1. The molecule has 7 heteroatoms. The number of carbonyl (C=O) groups excluding carboxylic acids is 2. The maximum Gasteiger partial charge on any atom is 0.270 e. The van der Waals surface area contributed by atoms with Crippen molar-refractivity contribution < 1.29 is 9.59 Å². The van der Waals surface area contributed by atoms with Crippen LogP contribution >= 0.6 is 0 Å². The number of rotatable bonds is 3. The second kappa shape index (κ2) is 5.91. The summed E-state index contributed by atoms with van der Waals surface area (Å²) < 4.78 is 3.74. The van der Waals surface area contributed by atoms with Crippen molar-refractivity contribution >= 4 is 17.6 Å². The minimum Gasteiger partial charge on any atom is -0.344 e. The van der Waals surface area contributed by atoms with Crippen LogP contribution in [0.15, 0.2) is 24.4 Å². The van der Waals surface area contributed by atoms with Gasteiger partial charge in [0.05, 0.1) is 6.04 Å². The van der Waals surface area contributed by atoms with Crippen molar-refractivity contribution in [2.45, 2.75) is 26.3 Å². The Morgan fingerprint density at radius 3 is 2.74 bits per heavy atom. The van der Waals surface area contributed by atoms with E-state index in [2.05, 4.69) is 10.4 Å². The van der Waals surface area contributed by atoms with Gasteiger partial charge in [-0.15, -0.1) is 0 Å². The molecule has 0 bridgehead atoms. The first-order valence-corrected chi connectivity index (χ1v) is 7.70. The SMILES string of the molecule is CC(=O)Nc1ccn([C@@H]2CCN(C(=O)c3ccc(C)n3C)C2)n1. The molecule has 7 nitrogen and oxygen atoms in total. The molecule has 0 aromatic carbocycles. The smallest absolute Gasteiger partial charge is 0.270 e. The summed E-state index contributed by atoms with van der Waals surface area (Å²) in [5.41, 5.74) is 1.78. The molecule has 0 spiro atoms. The second-order valence-electron chi connectivity index (χ2n) is 5.97. The van der Waals surface area contributed by atoms with Crippen molar-refractivity contribution in [3.63, 3.8) is 0 Å². The van der Waals surface area contributed by atoms with Crippen LogP contribution in [-0.4, -0.2) is 44.2 Å². The van der Waals surface area contributed by atoms with E-state index in [4.69, 9.17) is 0 Å². The van der Waals surface area contributed by atoms with Crippen LogP contribution in [0.1, 0.15) is 35.6 Å². The van der Waals surface area contributed by atoms with E-state index in [-0.39, 0.29) is 17.9 Å². The number of aromatic nitrogens is 3. The Labute approximate surface area is 134 Å². The van der Waals surface area contributed by atoms with E-state index in [1.54, 1.807) is 6.07 Å². The highest BCUT2D eigenvalue weighted by Gasteiger charge is 2.29. The van der Waals surface area contributed by atoms with Crippen molar-refractivity contribution in [3.8, 4) is 0 Å². The number of aryl methyl sites for hydroxylation is 1. The monoisotopic (exact) mass is 315 g/mol. The molecule has 0 radical (unpaired) electrons. The molecule has 0 aliphatic carbocycles. The lowest BCUT2D eigenvalue weighted by Gasteiger charge is -2.17. The van der Waals surface area contributed by atoms with Gasteiger partial charge in [-0.25, -0.2) is 0 Å². The summed E-state index contributed by atoms with van der Waals surface area (Å²) in [5.74, 6) is 0.454. The largest absolute Gasteiger partial charge is 0.344 e. The predicted molar refractivity (Wildman–Crippen MR) is 86.2 cm³/mol. The quantitative estimate of drug-likeness (QED) is 0.934. The molecule has 1 saturated heterocycles. The molecule has 3 heterocycles. The van der Waals surface area contributed by atoms with Gasteiger partial charge in [0.2, 0.25) is 5.91 Å². The van der Waals surface area contributed by atoms with Crippen LogP contribution in [0.25, 0.3) is 0 Å². The van der Waals surface area contributed by atoms with Gasteiger partial charge in [-0.05, 0) is 25.5 Å². The molecule has 0 saturated carbocycles. The van der Waals surface area contributed by atoms with Crippen LogP contribution in [0, 0.1) is 6.92 Å². The number of likely N-dealkylation sites (tertiary alicyclic amines) is 1. The molecule has 1 fully saturated rings. The minimum absolute atomic E-state index is 0.0531. The summed E-state index contributed by atoms with van der Waals surface area (Å²) in [7, 11) is 1.91. The fraction of sp³-hybridized carbons (Fsp3) is 0.438. The van der Waals surface area contributed by atoms with Crippen LogP contribution in [-0.2, 0) is 11.8 Å². The van der Waals surface area contributed by atoms with Crippen molar-refractivity contribution in [1.82, 2.24) is 19.2 Å². The lowest BCUT2D eigenvalue weighted by Crippen LogP contribution is -2.30. The number of nitrogens with one attached hydrogen (secondary N) is 1. The molecule has 1 atom stereocenters. The molecule has 1 N–H and O–H groups in total. The Bertz CT molecular complexity index is 745. The third kappa shape index (κ3) is 2.99. The highest BCUT2D eigenvalue weighted by atomic mass is 16.2. The summed E-state index contributed by atoms with van der Waals surface area (Å²) in [6, 6.07) is 5.73. The highest BCUT2D eigenvalue weighted by Crippen LogP contribution is 2.24. The third-order valence-corrected chi connectivity index (χ3v) is 4.33. The van der Waals surface area contributed by atoms with Gasteiger partial charge in [0.1, 0.15) is 5.69 Å². The van der Waals surface area contributed by atoms with Crippen LogP contribution in [0.3, 0.4) is 0 Å². The first kappa shape index (κ1) is 15.3. The van der Waals surface area contributed by atoms with Crippen molar-refractivity contribution in [2.75, 3.05) is 18.4 Å². The number of amides is 2. The standard InChI is InChI=1S/C16H21N5O2/c1-11-4-5-14(19(11)3)16(23)20-8-6-13(10-20)21-9-7-15(18-21)17-12(2)22/h4-5,7,9,13H,6,8,10H2,1-3H3,(H,17,18,22)/t13-/m1/s1. The minimum atomic E-state index is -0.141. The third-order valence-electron chi connectivity index (χ3n) is 4.33. The molecule has 2 aromatic heterocycles. The Balaban J connectivity index is 1.68. The van der Waals surface area contributed by atoms with Crippen molar-refractivity contribution in [3.05, 3.63) is 35.8 Å². The van der Waals surface area contributed by atoms with Crippen molar-refractivity contribution in [2.24, 2.45) is 7.05 Å². The maximum absolute atomic E-state index is 12.6. The first-order chi connectivity index (χ1) is 11.0. The van der Waals surface area contributed by atoms with E-state index in [1.165, 1.54) is 6.92 Å². The number of carbonyl (C=O) groups is 2. The van der Waals surface area contributed by atoms with E-state index in [0.717, 1.165) is 12.1 Å². The average Bonchev–Trinajstić information content (AvgIpc) is 3.20. The topological polar surface area (TPSA) is 72.2 Å². The van der Waals surface area contributed by atoms with Gasteiger partial charge in [0, 0.05) is 45.0 Å². The molecule has 2 aromatic rings. The van der Waals surface area contributed by atoms with Crippen LogP contribution in [0.4, 0.5) is 5.82 Å². The van der Waals surface area contributed by atoms with E-state index in [0.29, 0.717) is 24.6 Å². The van der Waals surface area contributed by atoms with Gasteiger partial charge in [-0.2, -0.15) is 5.10 Å². The summed E-state index contributed by atoms with van der Waals surface area (Å²) in [5, 5.41) is 7.03. The van der Waals surface area contributed by atoms with E-state index in [9.17, 15) is 9.59 Å². The van der Waals surface area contributed by atoms with E-state index >= 15 is 0 Å². The number of hydrogen-bond acceptors (Lipinski definition) is 3. The van der Waals surface area contributed by atoms with Gasteiger partial charge >= 0.3 is 0 Å². The summed E-state index contributed by atoms with van der Waals surface area (Å²) >= 11 is 0. The molecule has 122 valence electrons. The zero-order valence-electron chi connectivity index (χ0n) is 13.6. The maximum atomic E-state index is 12.6.